The fraction of sp³-hybridized carbons (Fsp3) is 0.312. The Labute approximate surface area is 266 Å². The normalized spacial score (nSPS) is 12.9. The van der Waals surface area contributed by atoms with Crippen molar-refractivity contribution in [3.63, 3.8) is 0 Å². The molecule has 14 heteroatoms. The van der Waals surface area contributed by atoms with Gasteiger partial charge in [-0.05, 0) is 36.4 Å². The van der Waals surface area contributed by atoms with Gasteiger partial charge in [-0.3, -0.25) is 14.9 Å². The van der Waals surface area contributed by atoms with Crippen LogP contribution in [-0.4, -0.2) is 91.5 Å². The molecule has 0 bridgehead atoms. The van der Waals surface area contributed by atoms with Gasteiger partial charge in [0.1, 0.15) is 0 Å². The van der Waals surface area contributed by atoms with Gasteiger partial charge in [0.05, 0.1) is 31.4 Å². The van der Waals surface area contributed by atoms with Crippen LogP contribution in [0, 0.1) is 10.1 Å². The number of nitrogens with zero attached hydrogens (tertiary/aromatic N) is 6. The number of rotatable bonds is 16. The Bertz CT molecular complexity index is 1540. The first-order valence-electron chi connectivity index (χ1n) is 15.1. The maximum Gasteiger partial charge on any atom is 0.269 e. The van der Waals surface area contributed by atoms with Crippen molar-refractivity contribution in [2.24, 2.45) is 0 Å². The molecule has 0 unspecified atom stereocenters. The van der Waals surface area contributed by atoms with Crippen LogP contribution in [0.3, 0.4) is 0 Å². The van der Waals surface area contributed by atoms with Crippen LogP contribution in [-0.2, 0) is 9.47 Å². The standard InChI is InChI=1S/C32H37N9O5/c42-29(25-7-3-1-4-8-25)33-15-21-45-23-24-46-22-16-34-30-36-31(35-26-9-5-2-6-10-26)38-32(37-30)40-19-17-39(18-20-40)27-11-13-28(14-12-27)41(43)44/h1-14H,15-24H2,(H,33,42)(H2,34,35,36,37,38). The minimum Gasteiger partial charge on any atom is -0.377 e. The van der Waals surface area contributed by atoms with Crippen molar-refractivity contribution in [1.82, 2.24) is 20.3 Å². The highest BCUT2D eigenvalue weighted by atomic mass is 16.6. The molecule has 1 aliphatic heterocycles. The molecule has 0 aliphatic carbocycles. The van der Waals surface area contributed by atoms with Gasteiger partial charge >= 0.3 is 0 Å². The van der Waals surface area contributed by atoms with Crippen LogP contribution < -0.4 is 25.8 Å². The largest absolute Gasteiger partial charge is 0.377 e. The van der Waals surface area contributed by atoms with Gasteiger partial charge in [-0.1, -0.05) is 36.4 Å². The Morgan fingerprint density at radius 3 is 2.02 bits per heavy atom. The molecule has 5 rings (SSSR count). The first-order valence-corrected chi connectivity index (χ1v) is 15.1. The molecule has 0 spiro atoms. The zero-order valence-electron chi connectivity index (χ0n) is 25.4. The number of ether oxygens (including phenoxy) is 2. The van der Waals surface area contributed by atoms with Gasteiger partial charge in [-0.15, -0.1) is 0 Å². The SMILES string of the molecule is O=C(NCCOCCOCCNc1nc(Nc2ccccc2)nc(N2CCN(c3ccc([N+](=O)[O-])cc3)CC2)n1)c1ccccc1. The Morgan fingerprint density at radius 1 is 0.739 bits per heavy atom. The summed E-state index contributed by atoms with van der Waals surface area (Å²) in [6.45, 7) is 5.31. The minimum absolute atomic E-state index is 0.0752. The number of hydrogen-bond acceptors (Lipinski definition) is 12. The Hall–Kier alpha value is -5.34. The van der Waals surface area contributed by atoms with Gasteiger partial charge in [-0.2, -0.15) is 15.0 Å². The predicted octanol–water partition coefficient (Wildman–Crippen LogP) is 3.73. The first-order chi connectivity index (χ1) is 22.5. The molecular weight excluding hydrogens is 590 g/mol. The summed E-state index contributed by atoms with van der Waals surface area (Å²) in [5.74, 6) is 1.27. The lowest BCUT2D eigenvalue weighted by molar-refractivity contribution is -0.384. The van der Waals surface area contributed by atoms with E-state index in [0.29, 0.717) is 89.1 Å². The summed E-state index contributed by atoms with van der Waals surface area (Å²) >= 11 is 0. The van der Waals surface area contributed by atoms with Crippen molar-refractivity contribution >= 4 is 40.8 Å². The van der Waals surface area contributed by atoms with E-state index < -0.39 is 4.92 Å². The maximum atomic E-state index is 12.0. The number of aromatic nitrogens is 3. The van der Waals surface area contributed by atoms with Crippen molar-refractivity contribution in [2.45, 2.75) is 0 Å². The fourth-order valence-corrected chi connectivity index (χ4v) is 4.73. The van der Waals surface area contributed by atoms with Crippen LogP contribution in [0.15, 0.2) is 84.9 Å². The summed E-state index contributed by atoms with van der Waals surface area (Å²) in [6, 6.07) is 25.3. The van der Waals surface area contributed by atoms with Crippen molar-refractivity contribution in [3.05, 3.63) is 101 Å². The molecule has 4 aromatic rings. The Kier molecular flexibility index (Phi) is 11.6. The molecule has 0 radical (unpaired) electrons. The quantitative estimate of drug-likeness (QED) is 0.0940. The monoisotopic (exact) mass is 627 g/mol. The van der Waals surface area contributed by atoms with E-state index in [0.717, 1.165) is 11.4 Å². The highest BCUT2D eigenvalue weighted by Gasteiger charge is 2.21. The molecule has 0 atom stereocenters. The summed E-state index contributed by atoms with van der Waals surface area (Å²) in [5.41, 5.74) is 2.49. The molecule has 1 amide bonds. The summed E-state index contributed by atoms with van der Waals surface area (Å²) in [4.78, 5) is 40.9. The topological polar surface area (TPSA) is 160 Å². The van der Waals surface area contributed by atoms with Crippen LogP contribution in [0.2, 0.25) is 0 Å². The van der Waals surface area contributed by atoms with Crippen molar-refractivity contribution in [3.8, 4) is 0 Å². The Morgan fingerprint density at radius 2 is 1.35 bits per heavy atom. The number of amides is 1. The van der Waals surface area contributed by atoms with E-state index in [1.807, 2.05) is 48.5 Å². The number of para-hydroxylation sites is 1. The molecule has 1 aromatic heterocycles. The molecule has 3 aromatic carbocycles. The van der Waals surface area contributed by atoms with Gasteiger partial charge < -0.3 is 35.2 Å². The van der Waals surface area contributed by atoms with E-state index in [2.05, 4.69) is 40.7 Å². The van der Waals surface area contributed by atoms with Crippen molar-refractivity contribution in [1.29, 1.82) is 0 Å². The summed E-state index contributed by atoms with van der Waals surface area (Å²) in [7, 11) is 0. The molecule has 1 saturated heterocycles. The second-order valence-electron chi connectivity index (χ2n) is 10.3. The highest BCUT2D eigenvalue weighted by Crippen LogP contribution is 2.23. The Balaban J connectivity index is 1.07. The first kappa shape index (κ1) is 32.1. The smallest absolute Gasteiger partial charge is 0.269 e. The number of non-ortho nitro benzene ring substituents is 1. The number of anilines is 5. The summed E-state index contributed by atoms with van der Waals surface area (Å²) in [6.07, 6.45) is 0. The van der Waals surface area contributed by atoms with E-state index in [4.69, 9.17) is 9.47 Å². The molecule has 14 nitrogen and oxygen atoms in total. The molecule has 2 heterocycles. The maximum absolute atomic E-state index is 12.0. The molecular formula is C32H37N9O5. The number of nitro benzene ring substituents is 1. The molecule has 1 fully saturated rings. The number of hydrogen-bond donors (Lipinski definition) is 3. The second-order valence-corrected chi connectivity index (χ2v) is 10.3. The number of carbonyl (C=O) groups excluding carboxylic acids is 1. The number of nitrogens with one attached hydrogen (secondary N) is 3. The number of piperazine rings is 1. The van der Waals surface area contributed by atoms with Crippen LogP contribution in [0.25, 0.3) is 0 Å². The molecule has 0 saturated carbocycles. The average Bonchev–Trinajstić information content (AvgIpc) is 3.10. The lowest BCUT2D eigenvalue weighted by Gasteiger charge is -2.36. The van der Waals surface area contributed by atoms with Crippen LogP contribution >= 0.6 is 0 Å². The third kappa shape index (κ3) is 9.58. The number of nitro groups is 1. The molecule has 1 aliphatic rings. The lowest BCUT2D eigenvalue weighted by Crippen LogP contribution is -2.47. The van der Waals surface area contributed by atoms with Crippen LogP contribution in [0.4, 0.5) is 34.9 Å². The fourth-order valence-electron chi connectivity index (χ4n) is 4.73. The zero-order chi connectivity index (χ0) is 32.0. The predicted molar refractivity (Wildman–Crippen MR) is 176 cm³/mol. The average molecular weight is 628 g/mol. The van der Waals surface area contributed by atoms with E-state index in [9.17, 15) is 14.9 Å². The minimum atomic E-state index is -0.394. The van der Waals surface area contributed by atoms with Gasteiger partial charge in [0, 0.05) is 68.3 Å². The van der Waals surface area contributed by atoms with Gasteiger partial charge in [-0.25, -0.2) is 0 Å². The van der Waals surface area contributed by atoms with E-state index in [1.54, 1.807) is 24.3 Å². The van der Waals surface area contributed by atoms with Gasteiger partial charge in [0.25, 0.3) is 11.6 Å². The lowest BCUT2D eigenvalue weighted by atomic mass is 10.2. The van der Waals surface area contributed by atoms with Crippen LogP contribution in [0.1, 0.15) is 10.4 Å². The van der Waals surface area contributed by atoms with Crippen molar-refractivity contribution in [2.75, 3.05) is 86.1 Å². The molecule has 3 N–H and O–H groups in total. The summed E-state index contributed by atoms with van der Waals surface area (Å²) in [5, 5.41) is 20.3. The third-order valence-electron chi connectivity index (χ3n) is 7.11. The van der Waals surface area contributed by atoms with Crippen molar-refractivity contribution < 1.29 is 19.2 Å². The van der Waals surface area contributed by atoms with E-state index >= 15 is 0 Å². The van der Waals surface area contributed by atoms with E-state index in [-0.39, 0.29) is 11.6 Å². The zero-order valence-corrected chi connectivity index (χ0v) is 25.4. The third-order valence-corrected chi connectivity index (χ3v) is 7.11. The number of carbonyl (C=O) groups is 1. The van der Waals surface area contributed by atoms with Gasteiger partial charge in [0.2, 0.25) is 17.8 Å². The van der Waals surface area contributed by atoms with Crippen LogP contribution in [0.5, 0.6) is 0 Å². The van der Waals surface area contributed by atoms with Gasteiger partial charge in [0.15, 0.2) is 0 Å². The molecule has 240 valence electrons. The second kappa shape index (κ2) is 16.7. The molecule has 46 heavy (non-hydrogen) atoms. The summed E-state index contributed by atoms with van der Waals surface area (Å²) < 4.78 is 11.2. The highest BCUT2D eigenvalue weighted by molar-refractivity contribution is 5.94. The number of benzene rings is 3. The van der Waals surface area contributed by atoms with E-state index in [1.165, 1.54) is 12.1 Å².